The average Bonchev–Trinajstić information content (AvgIpc) is 2.82. The maximum atomic E-state index is 5.55. The molecule has 0 spiro atoms. The lowest BCUT2D eigenvalue weighted by molar-refractivity contribution is 0.293. The van der Waals surface area contributed by atoms with Crippen LogP contribution in [0.5, 0.6) is 0 Å². The second kappa shape index (κ2) is 12.6. The molecule has 1 rings (SSSR count). The first kappa shape index (κ1) is 22.2. The van der Waals surface area contributed by atoms with Gasteiger partial charge in [0.05, 0.1) is 5.69 Å². The minimum absolute atomic E-state index is 0. The standard InChI is InChI=1S/C16H31N5O.HI/c1-6-10-21(8-3)11-9-18-16(17-7-2)19-12-15-20-13(4)14(5)22-15;/h6-12H2,1-5H3,(H2,17,18,19);1H. The molecule has 0 aromatic carbocycles. The monoisotopic (exact) mass is 437 g/mol. The second-order valence-electron chi connectivity index (χ2n) is 5.31. The Morgan fingerprint density at radius 1 is 1.17 bits per heavy atom. The van der Waals surface area contributed by atoms with Crippen LogP contribution in [0.4, 0.5) is 0 Å². The predicted molar refractivity (Wildman–Crippen MR) is 107 cm³/mol. The normalized spacial score (nSPS) is 11.5. The molecule has 1 heterocycles. The number of hydrogen-bond donors (Lipinski definition) is 2. The summed E-state index contributed by atoms with van der Waals surface area (Å²) in [6, 6.07) is 0. The summed E-state index contributed by atoms with van der Waals surface area (Å²) >= 11 is 0. The van der Waals surface area contributed by atoms with E-state index in [0.29, 0.717) is 12.4 Å². The molecule has 0 amide bonds. The van der Waals surface area contributed by atoms with Gasteiger partial charge in [0.15, 0.2) is 5.96 Å². The third-order valence-electron chi connectivity index (χ3n) is 3.50. The molecule has 23 heavy (non-hydrogen) atoms. The Morgan fingerprint density at radius 3 is 2.43 bits per heavy atom. The molecule has 0 radical (unpaired) electrons. The topological polar surface area (TPSA) is 65.7 Å². The number of aryl methyl sites for hydroxylation is 2. The van der Waals surface area contributed by atoms with Gasteiger partial charge in [-0.15, -0.1) is 24.0 Å². The molecule has 0 bridgehead atoms. The fourth-order valence-corrected chi connectivity index (χ4v) is 2.17. The van der Waals surface area contributed by atoms with Gasteiger partial charge in [-0.25, -0.2) is 9.98 Å². The Hall–Kier alpha value is -0.830. The number of aliphatic imine (C=N–C) groups is 1. The summed E-state index contributed by atoms with van der Waals surface area (Å²) in [7, 11) is 0. The van der Waals surface area contributed by atoms with E-state index in [0.717, 1.165) is 50.1 Å². The van der Waals surface area contributed by atoms with Crippen molar-refractivity contribution in [2.45, 2.75) is 47.6 Å². The maximum Gasteiger partial charge on any atom is 0.216 e. The van der Waals surface area contributed by atoms with Gasteiger partial charge in [0, 0.05) is 19.6 Å². The zero-order valence-corrected chi connectivity index (χ0v) is 17.4. The summed E-state index contributed by atoms with van der Waals surface area (Å²) in [5.41, 5.74) is 0.932. The van der Waals surface area contributed by atoms with Crippen molar-refractivity contribution >= 4 is 29.9 Å². The van der Waals surface area contributed by atoms with Gasteiger partial charge in [0.1, 0.15) is 12.3 Å². The maximum absolute atomic E-state index is 5.55. The number of nitrogens with one attached hydrogen (secondary N) is 2. The van der Waals surface area contributed by atoms with E-state index in [9.17, 15) is 0 Å². The number of rotatable bonds is 9. The molecule has 1 aromatic rings. The van der Waals surface area contributed by atoms with Crippen molar-refractivity contribution < 1.29 is 4.42 Å². The van der Waals surface area contributed by atoms with Gasteiger partial charge < -0.3 is 20.0 Å². The first-order valence-electron chi connectivity index (χ1n) is 8.28. The number of halogens is 1. The average molecular weight is 437 g/mol. The van der Waals surface area contributed by atoms with Crippen molar-refractivity contribution in [3.05, 3.63) is 17.3 Å². The van der Waals surface area contributed by atoms with Crippen molar-refractivity contribution in [2.75, 3.05) is 32.7 Å². The van der Waals surface area contributed by atoms with Gasteiger partial charge in [-0.05, 0) is 40.3 Å². The van der Waals surface area contributed by atoms with Gasteiger partial charge in [-0.3, -0.25) is 0 Å². The Kier molecular flexibility index (Phi) is 12.1. The molecule has 0 atom stereocenters. The molecule has 0 fully saturated rings. The molecule has 0 unspecified atom stereocenters. The minimum atomic E-state index is 0. The highest BCUT2D eigenvalue weighted by Crippen LogP contribution is 2.08. The number of oxazole rings is 1. The summed E-state index contributed by atoms with van der Waals surface area (Å²) in [5.74, 6) is 2.33. The van der Waals surface area contributed by atoms with Crippen LogP contribution in [0.25, 0.3) is 0 Å². The zero-order valence-electron chi connectivity index (χ0n) is 15.1. The number of guanidine groups is 1. The van der Waals surface area contributed by atoms with Crippen LogP contribution in [0.15, 0.2) is 9.41 Å². The van der Waals surface area contributed by atoms with Crippen LogP contribution in [0.2, 0.25) is 0 Å². The summed E-state index contributed by atoms with van der Waals surface area (Å²) in [4.78, 5) is 11.3. The fourth-order valence-electron chi connectivity index (χ4n) is 2.17. The molecule has 6 nitrogen and oxygen atoms in total. The van der Waals surface area contributed by atoms with Gasteiger partial charge >= 0.3 is 0 Å². The van der Waals surface area contributed by atoms with Crippen molar-refractivity contribution in [2.24, 2.45) is 4.99 Å². The summed E-state index contributed by atoms with van der Waals surface area (Å²) < 4.78 is 5.55. The third-order valence-corrected chi connectivity index (χ3v) is 3.50. The molecule has 134 valence electrons. The van der Waals surface area contributed by atoms with Crippen LogP contribution < -0.4 is 10.6 Å². The fraction of sp³-hybridized carbons (Fsp3) is 0.750. The van der Waals surface area contributed by atoms with Crippen LogP contribution in [0.1, 0.15) is 44.5 Å². The first-order chi connectivity index (χ1) is 10.6. The largest absolute Gasteiger partial charge is 0.444 e. The number of hydrogen-bond acceptors (Lipinski definition) is 4. The van der Waals surface area contributed by atoms with E-state index in [1.807, 2.05) is 13.8 Å². The van der Waals surface area contributed by atoms with Gasteiger partial charge in [0.25, 0.3) is 0 Å². The number of nitrogens with zero attached hydrogens (tertiary/aromatic N) is 3. The van der Waals surface area contributed by atoms with Gasteiger partial charge in [-0.2, -0.15) is 0 Å². The van der Waals surface area contributed by atoms with Crippen LogP contribution in [0, 0.1) is 13.8 Å². The molecular weight excluding hydrogens is 405 g/mol. The van der Waals surface area contributed by atoms with Crippen molar-refractivity contribution in [3.63, 3.8) is 0 Å². The van der Waals surface area contributed by atoms with Crippen LogP contribution in [-0.2, 0) is 6.54 Å². The Labute approximate surface area is 157 Å². The molecule has 2 N–H and O–H groups in total. The Morgan fingerprint density at radius 2 is 1.91 bits per heavy atom. The van der Waals surface area contributed by atoms with Gasteiger partial charge in [-0.1, -0.05) is 13.8 Å². The van der Waals surface area contributed by atoms with E-state index in [4.69, 9.17) is 4.42 Å². The van der Waals surface area contributed by atoms with E-state index in [2.05, 4.69) is 46.3 Å². The summed E-state index contributed by atoms with van der Waals surface area (Å²) in [6.45, 7) is 15.7. The molecular formula is C16H32IN5O. The number of likely N-dealkylation sites (N-methyl/N-ethyl adjacent to an activating group) is 1. The molecule has 7 heteroatoms. The molecule has 1 aromatic heterocycles. The van der Waals surface area contributed by atoms with E-state index in [1.165, 1.54) is 6.42 Å². The Balaban J connectivity index is 0.00000484. The van der Waals surface area contributed by atoms with Crippen LogP contribution in [0.3, 0.4) is 0 Å². The highest BCUT2D eigenvalue weighted by molar-refractivity contribution is 14.0. The van der Waals surface area contributed by atoms with Crippen molar-refractivity contribution in [1.29, 1.82) is 0 Å². The lowest BCUT2D eigenvalue weighted by Gasteiger charge is -2.20. The van der Waals surface area contributed by atoms with E-state index in [1.54, 1.807) is 0 Å². The van der Waals surface area contributed by atoms with E-state index >= 15 is 0 Å². The molecule has 0 saturated heterocycles. The van der Waals surface area contributed by atoms with Crippen molar-refractivity contribution in [1.82, 2.24) is 20.5 Å². The SMILES string of the molecule is CCCN(CC)CCNC(=NCc1nc(C)c(C)o1)NCC.I. The zero-order chi connectivity index (χ0) is 16.4. The molecule has 0 aliphatic carbocycles. The van der Waals surface area contributed by atoms with E-state index < -0.39 is 0 Å². The summed E-state index contributed by atoms with van der Waals surface area (Å²) in [5, 5.41) is 6.61. The second-order valence-corrected chi connectivity index (χ2v) is 5.31. The minimum Gasteiger partial charge on any atom is -0.444 e. The van der Waals surface area contributed by atoms with E-state index in [-0.39, 0.29) is 24.0 Å². The quantitative estimate of drug-likeness (QED) is 0.353. The summed E-state index contributed by atoms with van der Waals surface area (Å²) in [6.07, 6.45) is 1.19. The lowest BCUT2D eigenvalue weighted by Crippen LogP contribution is -2.41. The number of aromatic nitrogens is 1. The molecule has 0 saturated carbocycles. The van der Waals surface area contributed by atoms with Gasteiger partial charge in [0.2, 0.25) is 5.89 Å². The molecule has 0 aliphatic rings. The predicted octanol–water partition coefficient (Wildman–Crippen LogP) is 2.70. The third kappa shape index (κ3) is 8.55. The smallest absolute Gasteiger partial charge is 0.216 e. The van der Waals surface area contributed by atoms with Crippen LogP contribution in [-0.4, -0.2) is 48.6 Å². The lowest BCUT2D eigenvalue weighted by atomic mass is 10.4. The van der Waals surface area contributed by atoms with Crippen LogP contribution >= 0.6 is 24.0 Å². The first-order valence-corrected chi connectivity index (χ1v) is 8.28. The molecule has 0 aliphatic heterocycles. The van der Waals surface area contributed by atoms with Crippen molar-refractivity contribution in [3.8, 4) is 0 Å². The highest BCUT2D eigenvalue weighted by atomic mass is 127. The highest BCUT2D eigenvalue weighted by Gasteiger charge is 2.06. The Bertz CT molecular complexity index is 442.